The summed E-state index contributed by atoms with van der Waals surface area (Å²) in [5.74, 6) is 2.59. The molecule has 0 atom stereocenters. The third-order valence-electron chi connectivity index (χ3n) is 2.89. The van der Waals surface area contributed by atoms with Gasteiger partial charge in [0, 0.05) is 11.3 Å². The van der Waals surface area contributed by atoms with Crippen LogP contribution >= 0.6 is 23.2 Å². The lowest BCUT2D eigenvalue weighted by Gasteiger charge is -2.11. The fourth-order valence-corrected chi connectivity index (χ4v) is 2.59. The van der Waals surface area contributed by atoms with Crippen LogP contribution < -0.4 is 10.3 Å². The van der Waals surface area contributed by atoms with E-state index in [4.69, 9.17) is 34.4 Å². The summed E-state index contributed by atoms with van der Waals surface area (Å²) in [6, 6.07) is 6.73. The fourth-order valence-electron chi connectivity index (χ4n) is 1.99. The van der Waals surface area contributed by atoms with E-state index in [-0.39, 0.29) is 28.0 Å². The molecule has 0 saturated heterocycles. The van der Waals surface area contributed by atoms with Crippen LogP contribution in [0.1, 0.15) is 11.3 Å². The van der Waals surface area contributed by atoms with Crippen molar-refractivity contribution in [1.82, 2.24) is 4.98 Å². The number of rotatable bonds is 3. The molecule has 0 aliphatic heterocycles. The smallest absolute Gasteiger partial charge is 0.266 e. The highest BCUT2D eigenvalue weighted by atomic mass is 35.5. The zero-order chi connectivity index (χ0) is 16.3. The van der Waals surface area contributed by atoms with Crippen LogP contribution in [0.5, 0.6) is 5.75 Å². The van der Waals surface area contributed by atoms with Crippen molar-refractivity contribution >= 4 is 23.2 Å². The standard InChI is InChI=1S/C16H10Cl2N2O2/c1-3-4-22-15-13(17)6-10(7-14(15)18)11-5-9(2)20-16(21)12(11)8-19/h1,5-7H,4H2,2H3,(H,20,21). The summed E-state index contributed by atoms with van der Waals surface area (Å²) < 4.78 is 5.28. The summed E-state index contributed by atoms with van der Waals surface area (Å²) in [4.78, 5) is 14.4. The average Bonchev–Trinajstić information content (AvgIpc) is 2.45. The number of aromatic amines is 1. The molecule has 0 aliphatic carbocycles. The van der Waals surface area contributed by atoms with Crippen LogP contribution in [0.2, 0.25) is 10.0 Å². The third kappa shape index (κ3) is 3.09. The van der Waals surface area contributed by atoms with Crippen molar-refractivity contribution in [2.24, 2.45) is 0 Å². The van der Waals surface area contributed by atoms with E-state index in [2.05, 4.69) is 10.9 Å². The van der Waals surface area contributed by atoms with Gasteiger partial charge in [0.15, 0.2) is 5.75 Å². The molecule has 0 saturated carbocycles. The SMILES string of the molecule is C#CCOc1c(Cl)cc(-c2cc(C)[nH]c(=O)c2C#N)cc1Cl. The maximum atomic E-state index is 11.9. The lowest BCUT2D eigenvalue weighted by atomic mass is 10.0. The first-order valence-electron chi connectivity index (χ1n) is 6.17. The summed E-state index contributed by atoms with van der Waals surface area (Å²) in [5.41, 5.74) is 1.16. The normalized spacial score (nSPS) is 9.86. The molecular weight excluding hydrogens is 323 g/mol. The van der Waals surface area contributed by atoms with Gasteiger partial charge in [-0.3, -0.25) is 4.79 Å². The van der Waals surface area contributed by atoms with E-state index in [0.717, 1.165) is 0 Å². The molecule has 0 aliphatic rings. The van der Waals surface area contributed by atoms with Crippen molar-refractivity contribution in [1.29, 1.82) is 5.26 Å². The van der Waals surface area contributed by atoms with Gasteiger partial charge in [0.2, 0.25) is 0 Å². The number of hydrogen-bond acceptors (Lipinski definition) is 3. The molecule has 1 aromatic carbocycles. The largest absolute Gasteiger partial charge is 0.478 e. The van der Waals surface area contributed by atoms with E-state index in [1.807, 2.05) is 6.07 Å². The zero-order valence-electron chi connectivity index (χ0n) is 11.5. The number of ether oxygens (including phenoxy) is 1. The number of aryl methyl sites for hydroxylation is 1. The van der Waals surface area contributed by atoms with Gasteiger partial charge < -0.3 is 9.72 Å². The van der Waals surface area contributed by atoms with Gasteiger partial charge in [-0.1, -0.05) is 29.1 Å². The van der Waals surface area contributed by atoms with Gasteiger partial charge in [-0.05, 0) is 30.7 Å². The number of nitrogens with zero attached hydrogens (tertiary/aromatic N) is 1. The molecule has 0 spiro atoms. The molecule has 6 heteroatoms. The second-order valence-electron chi connectivity index (χ2n) is 4.44. The van der Waals surface area contributed by atoms with E-state index >= 15 is 0 Å². The highest BCUT2D eigenvalue weighted by Gasteiger charge is 2.15. The zero-order valence-corrected chi connectivity index (χ0v) is 13.0. The number of terminal acetylenes is 1. The van der Waals surface area contributed by atoms with Crippen molar-refractivity contribution in [2.45, 2.75) is 6.92 Å². The van der Waals surface area contributed by atoms with Crippen molar-refractivity contribution in [3.63, 3.8) is 0 Å². The molecule has 0 fully saturated rings. The Morgan fingerprint density at radius 2 is 1.95 bits per heavy atom. The minimum atomic E-state index is -0.461. The van der Waals surface area contributed by atoms with Gasteiger partial charge in [-0.15, -0.1) is 6.42 Å². The van der Waals surface area contributed by atoms with E-state index in [0.29, 0.717) is 16.8 Å². The summed E-state index contributed by atoms with van der Waals surface area (Å²) >= 11 is 12.3. The number of nitrogens with one attached hydrogen (secondary N) is 1. The maximum absolute atomic E-state index is 11.9. The van der Waals surface area contributed by atoms with Crippen molar-refractivity contribution < 1.29 is 4.74 Å². The molecular formula is C16H10Cl2N2O2. The number of hydrogen-bond donors (Lipinski definition) is 1. The number of pyridine rings is 1. The lowest BCUT2D eigenvalue weighted by Crippen LogP contribution is -2.12. The molecule has 2 rings (SSSR count). The highest BCUT2D eigenvalue weighted by Crippen LogP contribution is 2.38. The predicted molar refractivity (Wildman–Crippen MR) is 86.3 cm³/mol. The van der Waals surface area contributed by atoms with Crippen LogP contribution in [0, 0.1) is 30.6 Å². The molecule has 110 valence electrons. The Morgan fingerprint density at radius 3 is 2.50 bits per heavy atom. The molecule has 1 N–H and O–H groups in total. The minimum Gasteiger partial charge on any atom is -0.478 e. The molecule has 2 aromatic rings. The van der Waals surface area contributed by atoms with Gasteiger partial charge in [-0.25, -0.2) is 0 Å². The molecule has 0 radical (unpaired) electrons. The highest BCUT2D eigenvalue weighted by molar-refractivity contribution is 6.37. The Morgan fingerprint density at radius 1 is 1.32 bits per heavy atom. The van der Waals surface area contributed by atoms with E-state index in [9.17, 15) is 10.1 Å². The topological polar surface area (TPSA) is 65.9 Å². The van der Waals surface area contributed by atoms with Gasteiger partial charge >= 0.3 is 0 Å². The van der Waals surface area contributed by atoms with Crippen LogP contribution in [-0.2, 0) is 0 Å². The third-order valence-corrected chi connectivity index (χ3v) is 3.45. The van der Waals surface area contributed by atoms with Crippen LogP contribution in [0.15, 0.2) is 23.0 Å². The molecule has 0 amide bonds. The van der Waals surface area contributed by atoms with Crippen LogP contribution in [0.4, 0.5) is 0 Å². The summed E-state index contributed by atoms with van der Waals surface area (Å²) in [6.45, 7) is 1.76. The molecule has 22 heavy (non-hydrogen) atoms. The number of nitriles is 1. The average molecular weight is 333 g/mol. The molecule has 0 bridgehead atoms. The Bertz CT molecular complexity index is 850. The quantitative estimate of drug-likeness (QED) is 0.874. The molecule has 1 heterocycles. The molecule has 4 nitrogen and oxygen atoms in total. The maximum Gasteiger partial charge on any atom is 0.266 e. The van der Waals surface area contributed by atoms with Crippen molar-refractivity contribution in [3.05, 3.63) is 49.9 Å². The number of benzene rings is 1. The number of halogens is 2. The van der Waals surface area contributed by atoms with Crippen LogP contribution in [0.25, 0.3) is 11.1 Å². The fraction of sp³-hybridized carbons (Fsp3) is 0.125. The first-order chi connectivity index (χ1) is 10.5. The van der Waals surface area contributed by atoms with Gasteiger partial charge in [0.1, 0.15) is 18.2 Å². The van der Waals surface area contributed by atoms with E-state index in [1.165, 1.54) is 0 Å². The Labute approximate surface area is 137 Å². The summed E-state index contributed by atoms with van der Waals surface area (Å²) in [5, 5.41) is 9.68. The Hall–Kier alpha value is -2.40. The minimum absolute atomic E-state index is 0.00461. The van der Waals surface area contributed by atoms with Gasteiger partial charge in [0.05, 0.1) is 10.0 Å². The predicted octanol–water partition coefficient (Wildman–Crippen LogP) is 3.54. The van der Waals surface area contributed by atoms with Crippen LogP contribution in [-0.4, -0.2) is 11.6 Å². The monoisotopic (exact) mass is 332 g/mol. The Balaban J connectivity index is 2.64. The number of aromatic nitrogens is 1. The van der Waals surface area contributed by atoms with Crippen LogP contribution in [0.3, 0.4) is 0 Å². The van der Waals surface area contributed by atoms with E-state index in [1.54, 1.807) is 25.1 Å². The Kier molecular flexibility index (Phi) is 4.78. The number of H-pyrrole nitrogens is 1. The molecule has 1 aromatic heterocycles. The molecule has 0 unspecified atom stereocenters. The van der Waals surface area contributed by atoms with Gasteiger partial charge in [-0.2, -0.15) is 5.26 Å². The summed E-state index contributed by atoms with van der Waals surface area (Å²) in [7, 11) is 0. The first-order valence-corrected chi connectivity index (χ1v) is 6.93. The van der Waals surface area contributed by atoms with Crippen molar-refractivity contribution in [3.8, 4) is 35.3 Å². The first kappa shape index (κ1) is 16.0. The van der Waals surface area contributed by atoms with Crippen molar-refractivity contribution in [2.75, 3.05) is 6.61 Å². The lowest BCUT2D eigenvalue weighted by molar-refractivity contribution is 0.371. The second kappa shape index (κ2) is 6.58. The van der Waals surface area contributed by atoms with E-state index < -0.39 is 5.56 Å². The van der Waals surface area contributed by atoms with Gasteiger partial charge in [0.25, 0.3) is 5.56 Å². The summed E-state index contributed by atoms with van der Waals surface area (Å²) in [6.07, 6.45) is 5.13. The second-order valence-corrected chi connectivity index (χ2v) is 5.26.